The molecule has 0 aliphatic heterocycles. The third kappa shape index (κ3) is 7.91. The zero-order valence-electron chi connectivity index (χ0n) is 13.1. The highest BCUT2D eigenvalue weighted by molar-refractivity contribution is 6.30. The van der Waals surface area contributed by atoms with E-state index < -0.39 is 0 Å². The van der Waals surface area contributed by atoms with Crippen molar-refractivity contribution in [2.75, 3.05) is 13.6 Å². The number of unbranched alkanes of at least 4 members (excludes halogenated alkanes) is 5. The molecule has 1 N–H and O–H groups in total. The van der Waals surface area contributed by atoms with Gasteiger partial charge in [-0.3, -0.25) is 0 Å². The van der Waals surface area contributed by atoms with Crippen LogP contribution in [0.1, 0.15) is 57.4 Å². The normalized spacial score (nSPS) is 12.6. The summed E-state index contributed by atoms with van der Waals surface area (Å²) in [5.41, 5.74) is 1.36. The molecule has 20 heavy (non-hydrogen) atoms. The lowest BCUT2D eigenvalue weighted by Crippen LogP contribution is -2.20. The molecule has 1 unspecified atom stereocenters. The molecule has 0 heterocycles. The van der Waals surface area contributed by atoms with Crippen molar-refractivity contribution < 1.29 is 0 Å². The Morgan fingerprint density at radius 2 is 1.85 bits per heavy atom. The Labute approximate surface area is 130 Å². The van der Waals surface area contributed by atoms with Crippen LogP contribution in [0.15, 0.2) is 24.3 Å². The third-order valence-corrected chi connectivity index (χ3v) is 4.11. The molecule has 0 aliphatic rings. The molecule has 1 nitrogen and oxygen atoms in total. The quantitative estimate of drug-likeness (QED) is 0.534. The molecule has 1 aromatic rings. The van der Waals surface area contributed by atoms with Crippen molar-refractivity contribution in [3.05, 3.63) is 34.9 Å². The van der Waals surface area contributed by atoms with Crippen LogP contribution in [0.3, 0.4) is 0 Å². The van der Waals surface area contributed by atoms with Crippen LogP contribution in [0.25, 0.3) is 0 Å². The molecule has 0 spiro atoms. The van der Waals surface area contributed by atoms with Crippen molar-refractivity contribution in [2.24, 2.45) is 5.92 Å². The van der Waals surface area contributed by atoms with Crippen molar-refractivity contribution in [3.8, 4) is 0 Å². The van der Waals surface area contributed by atoms with E-state index in [1.54, 1.807) is 0 Å². The Balaban J connectivity index is 2.29. The summed E-state index contributed by atoms with van der Waals surface area (Å²) < 4.78 is 0. The van der Waals surface area contributed by atoms with E-state index in [9.17, 15) is 0 Å². The zero-order chi connectivity index (χ0) is 14.6. The first-order chi connectivity index (χ1) is 9.76. The van der Waals surface area contributed by atoms with E-state index >= 15 is 0 Å². The Morgan fingerprint density at radius 3 is 2.55 bits per heavy atom. The van der Waals surface area contributed by atoms with Gasteiger partial charge in [-0.25, -0.2) is 0 Å². The Bertz CT molecular complexity index is 351. The molecule has 0 saturated heterocycles. The number of rotatable bonds is 11. The minimum absolute atomic E-state index is 0.727. The van der Waals surface area contributed by atoms with Gasteiger partial charge in [0, 0.05) is 5.02 Å². The molecule has 0 bridgehead atoms. The van der Waals surface area contributed by atoms with Crippen molar-refractivity contribution in [1.82, 2.24) is 5.32 Å². The lowest BCUT2D eigenvalue weighted by molar-refractivity contribution is 0.432. The van der Waals surface area contributed by atoms with E-state index in [1.165, 1.54) is 50.5 Å². The first-order valence-corrected chi connectivity index (χ1v) is 8.53. The lowest BCUT2D eigenvalue weighted by Gasteiger charge is -2.16. The van der Waals surface area contributed by atoms with Crippen molar-refractivity contribution >= 4 is 11.6 Å². The Morgan fingerprint density at radius 1 is 1.10 bits per heavy atom. The second-order valence-corrected chi connectivity index (χ2v) is 6.25. The smallest absolute Gasteiger partial charge is 0.0408 e. The van der Waals surface area contributed by atoms with Gasteiger partial charge in [0.25, 0.3) is 0 Å². The molecule has 0 radical (unpaired) electrons. The maximum atomic E-state index is 6.07. The molecule has 114 valence electrons. The minimum Gasteiger partial charge on any atom is -0.319 e. The summed E-state index contributed by atoms with van der Waals surface area (Å²) in [6, 6.07) is 8.30. The van der Waals surface area contributed by atoms with Gasteiger partial charge in [-0.05, 0) is 50.0 Å². The number of benzene rings is 1. The monoisotopic (exact) mass is 295 g/mol. The summed E-state index contributed by atoms with van der Waals surface area (Å²) in [5.74, 6) is 0.727. The van der Waals surface area contributed by atoms with Crippen LogP contribution >= 0.6 is 11.6 Å². The average molecular weight is 296 g/mol. The first-order valence-electron chi connectivity index (χ1n) is 8.15. The van der Waals surface area contributed by atoms with Crippen LogP contribution in [-0.2, 0) is 6.42 Å². The Kier molecular flexibility index (Phi) is 9.78. The van der Waals surface area contributed by atoms with Crippen LogP contribution < -0.4 is 5.32 Å². The number of nitrogens with one attached hydrogen (secondary N) is 1. The molecular weight excluding hydrogens is 266 g/mol. The van der Waals surface area contributed by atoms with Crippen LogP contribution in [0.4, 0.5) is 0 Å². The van der Waals surface area contributed by atoms with Gasteiger partial charge in [0.2, 0.25) is 0 Å². The van der Waals surface area contributed by atoms with E-state index in [1.807, 2.05) is 13.1 Å². The summed E-state index contributed by atoms with van der Waals surface area (Å²) in [4.78, 5) is 0. The van der Waals surface area contributed by atoms with Crippen LogP contribution in [-0.4, -0.2) is 13.6 Å². The number of hydrogen-bond donors (Lipinski definition) is 1. The van der Waals surface area contributed by atoms with E-state index in [-0.39, 0.29) is 0 Å². The molecule has 0 amide bonds. The van der Waals surface area contributed by atoms with Gasteiger partial charge >= 0.3 is 0 Å². The number of halogens is 1. The number of hydrogen-bond acceptors (Lipinski definition) is 1. The van der Waals surface area contributed by atoms with Gasteiger partial charge in [0.15, 0.2) is 0 Å². The molecule has 0 fully saturated rings. The molecule has 0 aromatic heterocycles. The highest BCUT2D eigenvalue weighted by Crippen LogP contribution is 2.19. The fourth-order valence-electron chi connectivity index (χ4n) is 2.78. The molecule has 1 aromatic carbocycles. The lowest BCUT2D eigenvalue weighted by atomic mass is 9.93. The van der Waals surface area contributed by atoms with Crippen LogP contribution in [0.5, 0.6) is 0 Å². The van der Waals surface area contributed by atoms with Crippen molar-refractivity contribution in [1.29, 1.82) is 0 Å². The highest BCUT2D eigenvalue weighted by Gasteiger charge is 2.09. The summed E-state index contributed by atoms with van der Waals surface area (Å²) in [6.07, 6.45) is 10.7. The van der Waals surface area contributed by atoms with Gasteiger partial charge in [0.1, 0.15) is 0 Å². The van der Waals surface area contributed by atoms with E-state index in [2.05, 4.69) is 30.4 Å². The highest BCUT2D eigenvalue weighted by atomic mass is 35.5. The Hall–Kier alpha value is -0.530. The molecular formula is C18H30ClN. The topological polar surface area (TPSA) is 12.0 Å². The largest absolute Gasteiger partial charge is 0.319 e. The van der Waals surface area contributed by atoms with Gasteiger partial charge < -0.3 is 5.32 Å². The molecule has 0 saturated carbocycles. The standard InChI is InChI=1S/C18H30ClN/c1-3-4-5-6-7-8-10-17(15-20-2)13-16-11-9-12-18(19)14-16/h9,11-12,14,17,20H,3-8,10,13,15H2,1-2H3. The predicted molar refractivity (Wildman–Crippen MR) is 90.6 cm³/mol. The zero-order valence-corrected chi connectivity index (χ0v) is 13.9. The first kappa shape index (κ1) is 17.5. The van der Waals surface area contributed by atoms with Gasteiger partial charge in [-0.1, -0.05) is 69.2 Å². The average Bonchev–Trinajstić information content (AvgIpc) is 2.43. The molecule has 1 atom stereocenters. The predicted octanol–water partition coefficient (Wildman–Crippen LogP) is 5.47. The molecule has 1 rings (SSSR count). The summed E-state index contributed by atoms with van der Waals surface area (Å²) >= 11 is 6.07. The van der Waals surface area contributed by atoms with Gasteiger partial charge in [-0.2, -0.15) is 0 Å². The maximum absolute atomic E-state index is 6.07. The van der Waals surface area contributed by atoms with Gasteiger partial charge in [-0.15, -0.1) is 0 Å². The minimum atomic E-state index is 0.727. The van der Waals surface area contributed by atoms with Crippen LogP contribution in [0, 0.1) is 5.92 Å². The van der Waals surface area contributed by atoms with E-state index in [4.69, 9.17) is 11.6 Å². The van der Waals surface area contributed by atoms with Crippen molar-refractivity contribution in [3.63, 3.8) is 0 Å². The maximum Gasteiger partial charge on any atom is 0.0408 e. The second-order valence-electron chi connectivity index (χ2n) is 5.81. The molecule has 2 heteroatoms. The summed E-state index contributed by atoms with van der Waals surface area (Å²) in [5, 5.41) is 4.18. The fraction of sp³-hybridized carbons (Fsp3) is 0.667. The van der Waals surface area contributed by atoms with E-state index in [0.29, 0.717) is 0 Å². The second kappa shape index (κ2) is 11.2. The van der Waals surface area contributed by atoms with E-state index in [0.717, 1.165) is 23.9 Å². The fourth-order valence-corrected chi connectivity index (χ4v) is 2.99. The SMILES string of the molecule is CCCCCCCCC(CNC)Cc1cccc(Cl)c1. The third-order valence-electron chi connectivity index (χ3n) is 3.87. The van der Waals surface area contributed by atoms with Crippen molar-refractivity contribution in [2.45, 2.75) is 58.3 Å². The van der Waals surface area contributed by atoms with Gasteiger partial charge in [0.05, 0.1) is 0 Å². The van der Waals surface area contributed by atoms with Crippen LogP contribution in [0.2, 0.25) is 5.02 Å². The summed E-state index contributed by atoms with van der Waals surface area (Å²) in [7, 11) is 2.05. The molecule has 0 aliphatic carbocycles. The summed E-state index contributed by atoms with van der Waals surface area (Å²) in [6.45, 7) is 3.37.